The highest BCUT2D eigenvalue weighted by Gasteiger charge is 2.22. The predicted molar refractivity (Wildman–Crippen MR) is 98.3 cm³/mol. The number of sulfonamides is 1. The molecule has 5 nitrogen and oxygen atoms in total. The molecule has 0 radical (unpaired) electrons. The summed E-state index contributed by atoms with van der Waals surface area (Å²) in [5, 5.41) is 0.565. The highest BCUT2D eigenvalue weighted by molar-refractivity contribution is 7.89. The lowest BCUT2D eigenvalue weighted by molar-refractivity contribution is -0.116. The molecule has 25 heavy (non-hydrogen) atoms. The van der Waals surface area contributed by atoms with Gasteiger partial charge in [-0.25, -0.2) is 13.1 Å². The Labute approximate surface area is 152 Å². The Morgan fingerprint density at radius 3 is 2.76 bits per heavy atom. The van der Waals surface area contributed by atoms with Gasteiger partial charge in [0.2, 0.25) is 15.9 Å². The zero-order valence-corrected chi connectivity index (χ0v) is 15.4. The van der Waals surface area contributed by atoms with Crippen LogP contribution in [0.25, 0.3) is 0 Å². The van der Waals surface area contributed by atoms with Crippen molar-refractivity contribution in [2.24, 2.45) is 0 Å². The van der Waals surface area contributed by atoms with E-state index >= 15 is 0 Å². The van der Waals surface area contributed by atoms with Crippen molar-refractivity contribution in [1.29, 1.82) is 0 Å². The maximum Gasteiger partial charge on any atom is 0.240 e. The van der Waals surface area contributed by atoms with Gasteiger partial charge in [-0.3, -0.25) is 4.79 Å². The van der Waals surface area contributed by atoms with Crippen LogP contribution in [0.5, 0.6) is 0 Å². The van der Waals surface area contributed by atoms with Crippen LogP contribution in [0.2, 0.25) is 5.02 Å². The van der Waals surface area contributed by atoms with E-state index in [-0.39, 0.29) is 17.3 Å². The summed E-state index contributed by atoms with van der Waals surface area (Å²) in [6, 6.07) is 12.0. The molecule has 1 heterocycles. The summed E-state index contributed by atoms with van der Waals surface area (Å²) in [5.41, 5.74) is 2.47. The van der Waals surface area contributed by atoms with E-state index in [2.05, 4.69) is 4.72 Å². The Morgan fingerprint density at radius 1 is 1.24 bits per heavy atom. The minimum atomic E-state index is -3.64. The lowest BCUT2D eigenvalue weighted by atomic mass is 10.0. The number of carbonyl (C=O) groups excluding carboxylic acids is 1. The van der Waals surface area contributed by atoms with Gasteiger partial charge in [-0.15, -0.1) is 0 Å². The Bertz CT molecular complexity index is 912. The monoisotopic (exact) mass is 378 g/mol. The van der Waals surface area contributed by atoms with Crippen molar-refractivity contribution in [3.05, 3.63) is 58.6 Å². The van der Waals surface area contributed by atoms with E-state index in [4.69, 9.17) is 11.6 Å². The minimum absolute atomic E-state index is 0.0318. The topological polar surface area (TPSA) is 66.5 Å². The number of hydrogen-bond acceptors (Lipinski definition) is 3. The number of hydrogen-bond donors (Lipinski definition) is 1. The second kappa shape index (κ2) is 7.15. The van der Waals surface area contributed by atoms with Crippen LogP contribution in [0.4, 0.5) is 5.69 Å². The van der Waals surface area contributed by atoms with E-state index in [0.717, 1.165) is 29.7 Å². The maximum absolute atomic E-state index is 12.6. The number of halogens is 1. The zero-order valence-electron chi connectivity index (χ0n) is 13.8. The third-order valence-corrected chi connectivity index (χ3v) is 5.85. The van der Waals surface area contributed by atoms with Crippen molar-refractivity contribution in [2.45, 2.75) is 31.2 Å². The summed E-state index contributed by atoms with van der Waals surface area (Å²) < 4.78 is 27.7. The highest BCUT2D eigenvalue weighted by atomic mass is 35.5. The SMILES string of the molecule is CC(=O)N1CCCc2cc(S(=O)(=O)NCc3cccc(Cl)c3)ccc21. The molecule has 0 saturated heterocycles. The minimum Gasteiger partial charge on any atom is -0.312 e. The normalized spacial score (nSPS) is 14.2. The molecule has 2 aromatic rings. The lowest BCUT2D eigenvalue weighted by Gasteiger charge is -2.28. The average Bonchev–Trinajstić information content (AvgIpc) is 2.59. The summed E-state index contributed by atoms with van der Waals surface area (Å²) in [6.07, 6.45) is 1.59. The summed E-state index contributed by atoms with van der Waals surface area (Å²) >= 11 is 5.92. The number of benzene rings is 2. The van der Waals surface area contributed by atoms with Crippen LogP contribution < -0.4 is 9.62 Å². The van der Waals surface area contributed by atoms with E-state index in [1.54, 1.807) is 41.3 Å². The molecule has 1 aliphatic heterocycles. The summed E-state index contributed by atoms with van der Waals surface area (Å²) in [4.78, 5) is 13.6. The highest BCUT2D eigenvalue weighted by Crippen LogP contribution is 2.29. The van der Waals surface area contributed by atoms with Gasteiger partial charge >= 0.3 is 0 Å². The second-order valence-electron chi connectivity index (χ2n) is 6.02. The van der Waals surface area contributed by atoms with Crippen LogP contribution in [0.3, 0.4) is 0 Å². The fourth-order valence-corrected chi connectivity index (χ4v) is 4.26. The molecule has 2 aromatic carbocycles. The molecule has 132 valence electrons. The van der Waals surface area contributed by atoms with Crippen molar-refractivity contribution < 1.29 is 13.2 Å². The number of rotatable bonds is 4. The first-order valence-corrected chi connectivity index (χ1v) is 9.88. The molecule has 0 atom stereocenters. The molecule has 1 amide bonds. The summed E-state index contributed by atoms with van der Waals surface area (Å²) in [6.45, 7) is 2.35. The molecule has 1 N–H and O–H groups in total. The number of nitrogens with zero attached hydrogens (tertiary/aromatic N) is 1. The first kappa shape index (κ1) is 17.9. The van der Waals surface area contributed by atoms with Crippen molar-refractivity contribution in [2.75, 3.05) is 11.4 Å². The molecule has 0 spiro atoms. The van der Waals surface area contributed by atoms with Gasteiger partial charge in [0, 0.05) is 30.7 Å². The van der Waals surface area contributed by atoms with E-state index in [0.29, 0.717) is 11.6 Å². The van der Waals surface area contributed by atoms with Gasteiger partial charge in [0.05, 0.1) is 4.90 Å². The Balaban J connectivity index is 1.82. The molecule has 1 aliphatic rings. The Hall–Kier alpha value is -1.89. The van der Waals surface area contributed by atoms with Gasteiger partial charge in [0.1, 0.15) is 0 Å². The smallest absolute Gasteiger partial charge is 0.240 e. The van der Waals surface area contributed by atoms with Crippen molar-refractivity contribution in [3.63, 3.8) is 0 Å². The van der Waals surface area contributed by atoms with Crippen LogP contribution in [0.1, 0.15) is 24.5 Å². The van der Waals surface area contributed by atoms with Gasteiger partial charge in [0.25, 0.3) is 0 Å². The predicted octanol–water partition coefficient (Wildman–Crippen LogP) is 3.12. The van der Waals surface area contributed by atoms with E-state index in [1.165, 1.54) is 6.92 Å². The van der Waals surface area contributed by atoms with Crippen LogP contribution in [0, 0.1) is 0 Å². The first-order valence-electron chi connectivity index (χ1n) is 8.02. The fraction of sp³-hybridized carbons (Fsp3) is 0.278. The number of nitrogens with one attached hydrogen (secondary N) is 1. The molecular weight excluding hydrogens is 360 g/mol. The van der Waals surface area contributed by atoms with E-state index in [9.17, 15) is 13.2 Å². The number of carbonyl (C=O) groups is 1. The van der Waals surface area contributed by atoms with Gasteiger partial charge in [-0.1, -0.05) is 23.7 Å². The molecule has 7 heteroatoms. The van der Waals surface area contributed by atoms with Gasteiger partial charge in [-0.2, -0.15) is 0 Å². The van der Waals surface area contributed by atoms with Crippen molar-refractivity contribution in [1.82, 2.24) is 4.72 Å². The standard InChI is InChI=1S/C18H19ClN2O3S/c1-13(22)21-9-3-5-15-11-17(7-8-18(15)21)25(23,24)20-12-14-4-2-6-16(19)10-14/h2,4,6-8,10-11,20H,3,5,9,12H2,1H3. The van der Waals surface area contributed by atoms with Crippen LogP contribution in [0.15, 0.2) is 47.4 Å². The van der Waals surface area contributed by atoms with E-state index in [1.807, 2.05) is 6.07 Å². The number of aryl methyl sites for hydroxylation is 1. The molecule has 0 unspecified atom stereocenters. The summed E-state index contributed by atoms with van der Waals surface area (Å²) in [5.74, 6) is -0.0318. The van der Waals surface area contributed by atoms with Crippen LogP contribution >= 0.6 is 11.6 Å². The molecule has 0 aliphatic carbocycles. The number of amides is 1. The van der Waals surface area contributed by atoms with E-state index < -0.39 is 10.0 Å². The average molecular weight is 379 g/mol. The van der Waals surface area contributed by atoms with Crippen molar-refractivity contribution in [3.8, 4) is 0 Å². The zero-order chi connectivity index (χ0) is 18.0. The van der Waals surface area contributed by atoms with Gasteiger partial charge in [0.15, 0.2) is 0 Å². The molecule has 0 aromatic heterocycles. The number of anilines is 1. The maximum atomic E-state index is 12.6. The number of fused-ring (bicyclic) bond motifs is 1. The van der Waals surface area contributed by atoms with Crippen LogP contribution in [-0.2, 0) is 27.8 Å². The molecule has 0 saturated carbocycles. The fourth-order valence-electron chi connectivity index (χ4n) is 2.98. The first-order chi connectivity index (χ1) is 11.9. The van der Waals surface area contributed by atoms with Gasteiger partial charge in [-0.05, 0) is 54.3 Å². The summed E-state index contributed by atoms with van der Waals surface area (Å²) in [7, 11) is -3.64. The molecule has 3 rings (SSSR count). The van der Waals surface area contributed by atoms with Crippen LogP contribution in [-0.4, -0.2) is 20.9 Å². The lowest BCUT2D eigenvalue weighted by Crippen LogP contribution is -2.33. The Morgan fingerprint density at radius 2 is 2.04 bits per heavy atom. The largest absolute Gasteiger partial charge is 0.312 e. The second-order valence-corrected chi connectivity index (χ2v) is 8.22. The molecule has 0 bridgehead atoms. The van der Waals surface area contributed by atoms with Crippen molar-refractivity contribution >= 4 is 33.2 Å². The quantitative estimate of drug-likeness (QED) is 0.888. The Kier molecular flexibility index (Phi) is 5.13. The third kappa shape index (κ3) is 4.03. The molecule has 0 fully saturated rings. The molecular formula is C18H19ClN2O3S. The van der Waals surface area contributed by atoms with Gasteiger partial charge < -0.3 is 4.90 Å². The third-order valence-electron chi connectivity index (χ3n) is 4.22.